The van der Waals surface area contributed by atoms with Crippen molar-refractivity contribution in [3.05, 3.63) is 108 Å². The monoisotopic (exact) mass is 420 g/mol. The zero-order chi connectivity index (χ0) is 21.9. The molecule has 0 atom stereocenters. The molecule has 1 aliphatic rings. The Morgan fingerprint density at radius 1 is 0.844 bits per heavy atom. The molecule has 0 spiro atoms. The summed E-state index contributed by atoms with van der Waals surface area (Å²) in [5.41, 5.74) is 12.7. The molecule has 0 saturated heterocycles. The quantitative estimate of drug-likeness (QED) is 0.391. The second-order valence-electron chi connectivity index (χ2n) is 7.90. The van der Waals surface area contributed by atoms with Gasteiger partial charge in [0, 0.05) is 23.5 Å². The van der Waals surface area contributed by atoms with Crippen molar-refractivity contribution in [2.24, 2.45) is 0 Å². The van der Waals surface area contributed by atoms with E-state index in [1.54, 1.807) is 0 Å². The van der Waals surface area contributed by atoms with Crippen LogP contribution in [0, 0.1) is 0 Å². The van der Waals surface area contributed by atoms with E-state index in [0.717, 1.165) is 22.0 Å². The van der Waals surface area contributed by atoms with Crippen molar-refractivity contribution in [1.82, 2.24) is 5.32 Å². The number of nitrogen functional groups attached to an aromatic ring is 1. The van der Waals surface area contributed by atoms with Crippen LogP contribution in [-0.2, 0) is 4.74 Å². The molecule has 0 saturated carbocycles. The Bertz CT molecular complexity index is 1280. The van der Waals surface area contributed by atoms with Gasteiger partial charge in [-0.15, -0.1) is 0 Å². The van der Waals surface area contributed by atoms with Crippen LogP contribution in [0.15, 0.2) is 91.0 Å². The van der Waals surface area contributed by atoms with Gasteiger partial charge >= 0.3 is 6.09 Å². The Morgan fingerprint density at radius 3 is 2.19 bits per heavy atom. The average Bonchev–Trinajstić information content (AvgIpc) is 3.16. The fourth-order valence-electron chi connectivity index (χ4n) is 4.47. The van der Waals surface area contributed by atoms with Crippen molar-refractivity contribution >= 4 is 28.6 Å². The van der Waals surface area contributed by atoms with Crippen molar-refractivity contribution in [1.29, 1.82) is 0 Å². The number of fused-ring (bicyclic) bond motifs is 4. The van der Waals surface area contributed by atoms with Crippen molar-refractivity contribution in [2.75, 3.05) is 18.9 Å². The van der Waals surface area contributed by atoms with E-state index in [1.165, 1.54) is 22.3 Å². The second kappa shape index (κ2) is 8.60. The Hall–Kier alpha value is -4.05. The van der Waals surface area contributed by atoms with Crippen LogP contribution >= 0.6 is 0 Å². The van der Waals surface area contributed by atoms with Gasteiger partial charge in [-0.2, -0.15) is 0 Å². The summed E-state index contributed by atoms with van der Waals surface area (Å²) in [5, 5.41) is 4.93. The molecule has 1 aliphatic carbocycles. The number of carbonyl (C=O) groups is 1. The van der Waals surface area contributed by atoms with Gasteiger partial charge in [-0.25, -0.2) is 4.79 Å². The first-order valence-corrected chi connectivity index (χ1v) is 10.7. The number of anilines is 1. The lowest BCUT2D eigenvalue weighted by Gasteiger charge is -2.14. The molecule has 1 amide bonds. The van der Waals surface area contributed by atoms with Gasteiger partial charge in [0.2, 0.25) is 0 Å². The number of ether oxygens (including phenoxy) is 1. The Kier molecular flexibility index (Phi) is 5.34. The molecular weight excluding hydrogens is 396 g/mol. The minimum absolute atomic E-state index is 0.0600. The number of hydrogen-bond donors (Lipinski definition) is 2. The predicted molar refractivity (Wildman–Crippen MR) is 130 cm³/mol. The normalized spacial score (nSPS) is 12.6. The molecule has 0 heterocycles. The van der Waals surface area contributed by atoms with E-state index in [1.807, 2.05) is 72.8 Å². The van der Waals surface area contributed by atoms with Crippen LogP contribution in [0.25, 0.3) is 28.0 Å². The summed E-state index contributed by atoms with van der Waals surface area (Å²) < 4.78 is 5.58. The van der Waals surface area contributed by atoms with Gasteiger partial charge < -0.3 is 15.8 Å². The SMILES string of the molecule is Nc1ccc(C=CCNC(=O)OCC2c3ccccc3-c3ccccc32)c2ccccc12. The lowest BCUT2D eigenvalue weighted by molar-refractivity contribution is 0.144. The highest BCUT2D eigenvalue weighted by Gasteiger charge is 2.28. The van der Waals surface area contributed by atoms with Crippen LogP contribution in [0.4, 0.5) is 10.5 Å². The third kappa shape index (κ3) is 3.71. The maximum absolute atomic E-state index is 12.3. The Balaban J connectivity index is 1.20. The molecule has 0 unspecified atom stereocenters. The number of hydrogen-bond acceptors (Lipinski definition) is 3. The molecule has 0 aliphatic heterocycles. The minimum atomic E-state index is -0.418. The molecule has 5 rings (SSSR count). The number of benzene rings is 4. The molecule has 0 radical (unpaired) electrons. The van der Waals surface area contributed by atoms with Gasteiger partial charge in [0.25, 0.3) is 0 Å². The number of nitrogens with two attached hydrogens (primary N) is 1. The van der Waals surface area contributed by atoms with Gasteiger partial charge in [-0.05, 0) is 39.3 Å². The fraction of sp³-hybridized carbons (Fsp3) is 0.107. The summed E-state index contributed by atoms with van der Waals surface area (Å²) in [6, 6.07) is 28.5. The zero-order valence-corrected chi connectivity index (χ0v) is 17.6. The summed E-state index contributed by atoms with van der Waals surface area (Å²) in [7, 11) is 0. The van der Waals surface area contributed by atoms with E-state index >= 15 is 0 Å². The third-order valence-corrected chi connectivity index (χ3v) is 6.00. The smallest absolute Gasteiger partial charge is 0.407 e. The fourth-order valence-corrected chi connectivity index (χ4v) is 4.47. The highest BCUT2D eigenvalue weighted by Crippen LogP contribution is 2.44. The van der Waals surface area contributed by atoms with E-state index in [2.05, 4.69) is 29.6 Å². The second-order valence-corrected chi connectivity index (χ2v) is 7.90. The predicted octanol–water partition coefficient (Wildman–Crippen LogP) is 5.97. The van der Waals surface area contributed by atoms with Crippen LogP contribution in [0.1, 0.15) is 22.6 Å². The topological polar surface area (TPSA) is 64.3 Å². The Labute approximate surface area is 187 Å². The third-order valence-electron chi connectivity index (χ3n) is 6.00. The number of rotatable bonds is 5. The molecule has 158 valence electrons. The number of nitrogens with one attached hydrogen (secondary N) is 1. The van der Waals surface area contributed by atoms with Crippen molar-refractivity contribution in [3.63, 3.8) is 0 Å². The molecular formula is C28H24N2O2. The molecule has 0 bridgehead atoms. The number of alkyl carbamates (subject to hydrolysis) is 1. The molecule has 4 aromatic rings. The van der Waals surface area contributed by atoms with E-state index in [4.69, 9.17) is 10.5 Å². The van der Waals surface area contributed by atoms with Crippen LogP contribution in [-0.4, -0.2) is 19.2 Å². The number of carbonyl (C=O) groups excluding carboxylic acids is 1. The molecule has 3 N–H and O–H groups in total. The highest BCUT2D eigenvalue weighted by molar-refractivity contribution is 5.98. The van der Waals surface area contributed by atoms with Gasteiger partial charge in [0.1, 0.15) is 6.61 Å². The van der Waals surface area contributed by atoms with Gasteiger partial charge in [-0.1, -0.05) is 91.0 Å². The molecule has 32 heavy (non-hydrogen) atoms. The van der Waals surface area contributed by atoms with Crippen molar-refractivity contribution < 1.29 is 9.53 Å². The molecule has 0 fully saturated rings. The summed E-state index contributed by atoms with van der Waals surface area (Å²) in [6.07, 6.45) is 3.49. The average molecular weight is 421 g/mol. The van der Waals surface area contributed by atoms with Crippen LogP contribution < -0.4 is 11.1 Å². The first-order valence-electron chi connectivity index (χ1n) is 10.7. The first kappa shape index (κ1) is 19.9. The van der Waals surface area contributed by atoms with Crippen molar-refractivity contribution in [2.45, 2.75) is 5.92 Å². The van der Waals surface area contributed by atoms with Gasteiger partial charge in [0.15, 0.2) is 0 Å². The first-order chi connectivity index (χ1) is 15.7. The maximum atomic E-state index is 12.3. The Morgan fingerprint density at radius 2 is 1.47 bits per heavy atom. The highest BCUT2D eigenvalue weighted by atomic mass is 16.5. The summed E-state index contributed by atoms with van der Waals surface area (Å²) in [5.74, 6) is 0.0600. The van der Waals surface area contributed by atoms with Gasteiger partial charge in [0.05, 0.1) is 0 Å². The van der Waals surface area contributed by atoms with Crippen LogP contribution in [0.5, 0.6) is 0 Å². The van der Waals surface area contributed by atoms with E-state index in [-0.39, 0.29) is 5.92 Å². The van der Waals surface area contributed by atoms with E-state index in [9.17, 15) is 4.79 Å². The van der Waals surface area contributed by atoms with Crippen molar-refractivity contribution in [3.8, 4) is 11.1 Å². The summed E-state index contributed by atoms with van der Waals surface area (Å²) >= 11 is 0. The molecule has 4 aromatic carbocycles. The zero-order valence-electron chi connectivity index (χ0n) is 17.6. The lowest BCUT2D eigenvalue weighted by atomic mass is 9.98. The lowest BCUT2D eigenvalue weighted by Crippen LogP contribution is -2.26. The summed E-state index contributed by atoms with van der Waals surface area (Å²) in [4.78, 5) is 12.3. The summed E-state index contributed by atoms with van der Waals surface area (Å²) in [6.45, 7) is 0.696. The van der Waals surface area contributed by atoms with Gasteiger partial charge in [-0.3, -0.25) is 0 Å². The standard InChI is InChI=1S/C28H24N2O2/c29-27-16-15-19(20-9-1-6-14-25(20)27)8-7-17-30-28(31)32-18-26-23-12-4-2-10-21(23)22-11-3-5-13-24(22)26/h1-16,26H,17-18,29H2,(H,30,31). The molecule has 4 nitrogen and oxygen atoms in total. The molecule has 0 aromatic heterocycles. The van der Waals surface area contributed by atoms with E-state index < -0.39 is 6.09 Å². The van der Waals surface area contributed by atoms with Crippen LogP contribution in [0.2, 0.25) is 0 Å². The maximum Gasteiger partial charge on any atom is 0.407 e. The molecule has 4 heteroatoms. The largest absolute Gasteiger partial charge is 0.449 e. The minimum Gasteiger partial charge on any atom is -0.449 e. The van der Waals surface area contributed by atoms with E-state index in [0.29, 0.717) is 13.2 Å². The van der Waals surface area contributed by atoms with Crippen LogP contribution in [0.3, 0.4) is 0 Å². The number of amides is 1.